The van der Waals surface area contributed by atoms with E-state index in [2.05, 4.69) is 22.0 Å². The second kappa shape index (κ2) is 5.27. The minimum Gasteiger partial charge on any atom is -0.287 e. The Morgan fingerprint density at radius 2 is 2.06 bits per heavy atom. The third-order valence-electron chi connectivity index (χ3n) is 3.29. The SMILES string of the molecule is O=C(c1cc2c(s1)CCCCC2)c1sccc1Br. The number of aryl methyl sites for hydroxylation is 2. The standard InChI is InChI=1S/C14H13BrOS2/c15-10-6-7-17-14(10)13(16)12-8-9-4-2-1-3-5-11(9)18-12/h6-8H,1-5H2. The van der Waals surface area contributed by atoms with Crippen molar-refractivity contribution in [3.05, 3.63) is 42.2 Å². The van der Waals surface area contributed by atoms with E-state index in [0.29, 0.717) is 0 Å². The zero-order valence-electron chi connectivity index (χ0n) is 9.87. The molecule has 2 aromatic rings. The Kier molecular flexibility index (Phi) is 3.68. The second-order valence-corrected chi connectivity index (χ2v) is 7.45. The van der Waals surface area contributed by atoms with Crippen molar-refractivity contribution in [2.75, 3.05) is 0 Å². The molecule has 1 aliphatic rings. The molecule has 0 aromatic carbocycles. The molecule has 0 spiro atoms. The number of fused-ring (bicyclic) bond motifs is 1. The normalized spacial score (nSPS) is 15.2. The van der Waals surface area contributed by atoms with Crippen LogP contribution in [0.4, 0.5) is 0 Å². The average Bonchev–Trinajstić information content (AvgIpc) is 2.90. The van der Waals surface area contributed by atoms with Crippen LogP contribution in [0.1, 0.15) is 44.3 Å². The van der Waals surface area contributed by atoms with Crippen LogP contribution in [0.2, 0.25) is 0 Å². The molecule has 4 heteroatoms. The molecule has 18 heavy (non-hydrogen) atoms. The van der Waals surface area contributed by atoms with Crippen molar-refractivity contribution in [3.63, 3.8) is 0 Å². The van der Waals surface area contributed by atoms with Crippen molar-refractivity contribution in [1.82, 2.24) is 0 Å². The zero-order valence-corrected chi connectivity index (χ0v) is 13.1. The molecule has 0 unspecified atom stereocenters. The summed E-state index contributed by atoms with van der Waals surface area (Å²) in [6.45, 7) is 0. The third-order valence-corrected chi connectivity index (χ3v) is 6.37. The van der Waals surface area contributed by atoms with E-state index in [1.165, 1.54) is 41.0 Å². The van der Waals surface area contributed by atoms with Gasteiger partial charge in [0.25, 0.3) is 0 Å². The van der Waals surface area contributed by atoms with Gasteiger partial charge < -0.3 is 0 Å². The third kappa shape index (κ3) is 2.33. The number of rotatable bonds is 2. The molecule has 2 aromatic heterocycles. The van der Waals surface area contributed by atoms with E-state index in [1.54, 1.807) is 11.3 Å². The molecule has 0 saturated heterocycles. The first-order chi connectivity index (χ1) is 8.75. The largest absolute Gasteiger partial charge is 0.287 e. The highest BCUT2D eigenvalue weighted by molar-refractivity contribution is 9.10. The number of halogens is 1. The van der Waals surface area contributed by atoms with Crippen LogP contribution in [-0.4, -0.2) is 5.78 Å². The smallest absolute Gasteiger partial charge is 0.214 e. The molecule has 0 amide bonds. The van der Waals surface area contributed by atoms with Crippen molar-refractivity contribution >= 4 is 44.4 Å². The first-order valence-electron chi connectivity index (χ1n) is 6.15. The fourth-order valence-electron chi connectivity index (χ4n) is 2.35. The van der Waals surface area contributed by atoms with Crippen LogP contribution < -0.4 is 0 Å². The molecule has 0 bridgehead atoms. The van der Waals surface area contributed by atoms with Crippen LogP contribution in [-0.2, 0) is 12.8 Å². The molecule has 0 fully saturated rings. The van der Waals surface area contributed by atoms with Gasteiger partial charge in [-0.15, -0.1) is 22.7 Å². The van der Waals surface area contributed by atoms with Gasteiger partial charge in [-0.2, -0.15) is 0 Å². The maximum absolute atomic E-state index is 12.4. The molecule has 0 radical (unpaired) electrons. The lowest BCUT2D eigenvalue weighted by Crippen LogP contribution is -1.95. The van der Waals surface area contributed by atoms with Crippen molar-refractivity contribution in [2.45, 2.75) is 32.1 Å². The number of carbonyl (C=O) groups is 1. The predicted octanol–water partition coefficient (Wildman–Crippen LogP) is 5.07. The van der Waals surface area contributed by atoms with E-state index >= 15 is 0 Å². The summed E-state index contributed by atoms with van der Waals surface area (Å²) in [5.41, 5.74) is 1.41. The average molecular weight is 341 g/mol. The molecule has 0 aliphatic heterocycles. The van der Waals surface area contributed by atoms with E-state index in [1.807, 2.05) is 11.4 Å². The summed E-state index contributed by atoms with van der Waals surface area (Å²) in [4.78, 5) is 15.6. The number of thiophene rings is 2. The number of carbonyl (C=O) groups excluding carboxylic acids is 1. The first-order valence-corrected chi connectivity index (χ1v) is 8.64. The topological polar surface area (TPSA) is 17.1 Å². The van der Waals surface area contributed by atoms with Crippen molar-refractivity contribution < 1.29 is 4.79 Å². The lowest BCUT2D eigenvalue weighted by atomic mass is 10.1. The molecule has 0 atom stereocenters. The fraction of sp³-hybridized carbons (Fsp3) is 0.357. The Morgan fingerprint density at radius 1 is 1.22 bits per heavy atom. The van der Waals surface area contributed by atoms with Crippen LogP contribution in [0.25, 0.3) is 0 Å². The summed E-state index contributed by atoms with van der Waals surface area (Å²) in [7, 11) is 0. The highest BCUT2D eigenvalue weighted by atomic mass is 79.9. The van der Waals surface area contributed by atoms with Crippen molar-refractivity contribution in [3.8, 4) is 0 Å². The van der Waals surface area contributed by atoms with Gasteiger partial charge >= 0.3 is 0 Å². The molecule has 1 aliphatic carbocycles. The summed E-state index contributed by atoms with van der Waals surface area (Å²) in [5, 5.41) is 1.95. The lowest BCUT2D eigenvalue weighted by Gasteiger charge is -1.95. The minimum atomic E-state index is 0.176. The molecule has 0 N–H and O–H groups in total. The van der Waals surface area contributed by atoms with Gasteiger partial charge in [0.05, 0.1) is 9.75 Å². The van der Waals surface area contributed by atoms with Gasteiger partial charge in [0.1, 0.15) is 0 Å². The molecular weight excluding hydrogens is 328 g/mol. The van der Waals surface area contributed by atoms with E-state index in [0.717, 1.165) is 27.1 Å². The van der Waals surface area contributed by atoms with Gasteiger partial charge in [-0.05, 0) is 64.7 Å². The van der Waals surface area contributed by atoms with E-state index in [4.69, 9.17) is 0 Å². The lowest BCUT2D eigenvalue weighted by molar-refractivity contribution is 0.104. The molecule has 3 rings (SSSR count). The molecule has 1 nitrogen and oxygen atoms in total. The van der Waals surface area contributed by atoms with Gasteiger partial charge in [-0.3, -0.25) is 4.79 Å². The monoisotopic (exact) mass is 340 g/mol. The maximum atomic E-state index is 12.4. The summed E-state index contributed by atoms with van der Waals surface area (Å²) >= 11 is 6.66. The van der Waals surface area contributed by atoms with E-state index in [-0.39, 0.29) is 5.78 Å². The van der Waals surface area contributed by atoms with Crippen molar-refractivity contribution in [2.24, 2.45) is 0 Å². The Morgan fingerprint density at radius 3 is 2.83 bits per heavy atom. The Labute approximate surface area is 123 Å². The quantitative estimate of drug-likeness (QED) is 0.550. The van der Waals surface area contributed by atoms with Gasteiger partial charge in [-0.1, -0.05) is 6.42 Å². The first kappa shape index (κ1) is 12.6. The van der Waals surface area contributed by atoms with Gasteiger partial charge in [0.2, 0.25) is 5.78 Å². The summed E-state index contributed by atoms with van der Waals surface area (Å²) in [6, 6.07) is 4.07. The van der Waals surface area contributed by atoms with Crippen LogP contribution in [0.3, 0.4) is 0 Å². The number of hydrogen-bond acceptors (Lipinski definition) is 3. The highest BCUT2D eigenvalue weighted by Crippen LogP contribution is 2.33. The van der Waals surface area contributed by atoms with Gasteiger partial charge in [0, 0.05) is 9.35 Å². The Hall–Kier alpha value is -0.450. The van der Waals surface area contributed by atoms with Crippen LogP contribution >= 0.6 is 38.6 Å². The Bertz CT molecular complexity index is 559. The number of ketones is 1. The van der Waals surface area contributed by atoms with Crippen molar-refractivity contribution in [1.29, 1.82) is 0 Å². The highest BCUT2D eigenvalue weighted by Gasteiger charge is 2.19. The summed E-state index contributed by atoms with van der Waals surface area (Å²) in [6.07, 6.45) is 6.15. The molecular formula is C14H13BrOS2. The summed E-state index contributed by atoms with van der Waals surface area (Å²) in [5.74, 6) is 0.176. The maximum Gasteiger partial charge on any atom is 0.214 e. The second-order valence-electron chi connectivity index (χ2n) is 4.55. The molecule has 2 heterocycles. The summed E-state index contributed by atoms with van der Waals surface area (Å²) < 4.78 is 0.918. The number of hydrogen-bond donors (Lipinski definition) is 0. The predicted molar refractivity (Wildman–Crippen MR) is 81.0 cm³/mol. The van der Waals surface area contributed by atoms with Gasteiger partial charge in [0.15, 0.2) is 0 Å². The molecule has 0 saturated carbocycles. The molecule has 94 valence electrons. The zero-order chi connectivity index (χ0) is 12.5. The van der Waals surface area contributed by atoms with Crippen LogP contribution in [0.15, 0.2) is 22.0 Å². The Balaban J connectivity index is 1.94. The van der Waals surface area contributed by atoms with Crippen LogP contribution in [0.5, 0.6) is 0 Å². The minimum absolute atomic E-state index is 0.176. The fourth-order valence-corrected chi connectivity index (χ4v) is 5.12. The van der Waals surface area contributed by atoms with E-state index < -0.39 is 0 Å². The van der Waals surface area contributed by atoms with Gasteiger partial charge in [-0.25, -0.2) is 0 Å². The van der Waals surface area contributed by atoms with Crippen LogP contribution in [0, 0.1) is 0 Å². The van der Waals surface area contributed by atoms with E-state index in [9.17, 15) is 4.79 Å².